The Labute approximate surface area is 583 Å². The minimum atomic E-state index is -0.673. The monoisotopic (exact) mass is 1410 g/mol. The Morgan fingerprint density at radius 1 is 0.515 bits per heavy atom. The Bertz CT molecular complexity index is 4320. The molecule has 4 heterocycles. The minimum absolute atomic E-state index is 0. The summed E-state index contributed by atoms with van der Waals surface area (Å²) >= 11 is 18.1. The van der Waals surface area contributed by atoms with Crippen molar-refractivity contribution in [1.29, 1.82) is 0 Å². The van der Waals surface area contributed by atoms with Crippen LogP contribution in [-0.4, -0.2) is 89.1 Å². The molecule has 516 valence electrons. The number of nitrogens with one attached hydrogen (secondary N) is 4. The number of fused-ring (bicyclic) bond motifs is 1. The van der Waals surface area contributed by atoms with Gasteiger partial charge in [0.2, 0.25) is 16.3 Å². The Balaban J connectivity index is 0.000000232. The van der Waals surface area contributed by atoms with Gasteiger partial charge < -0.3 is 78.6 Å². The number of pyridine rings is 3. The second-order valence-corrected chi connectivity index (χ2v) is 24.1. The summed E-state index contributed by atoms with van der Waals surface area (Å²) in [6.45, 7) is 10.5. The van der Waals surface area contributed by atoms with E-state index in [0.717, 1.165) is 27.8 Å². The Hall–Kier alpha value is -9.10. The van der Waals surface area contributed by atoms with Crippen molar-refractivity contribution in [1.82, 2.24) is 28.7 Å². The number of benzene rings is 5. The molecule has 7 N–H and O–H groups in total. The summed E-state index contributed by atoms with van der Waals surface area (Å²) in [5.41, 5.74) is 8.73. The lowest BCUT2D eigenvalue weighted by atomic mass is 10.2. The number of carbonyl (C=O) groups is 2. The van der Waals surface area contributed by atoms with Crippen molar-refractivity contribution >= 4 is 81.6 Å². The van der Waals surface area contributed by atoms with Crippen LogP contribution in [0.15, 0.2) is 184 Å². The molecule has 0 aliphatic rings. The number of nitrogens with two attached hydrogens (primary N) is 1. The number of hydrogen-bond acceptors (Lipinski definition) is 16. The van der Waals surface area contributed by atoms with Crippen molar-refractivity contribution in [2.75, 3.05) is 57.9 Å². The zero-order chi connectivity index (χ0) is 69.4. The Morgan fingerprint density at radius 3 is 1.37 bits per heavy atom. The third-order valence-corrected chi connectivity index (χ3v) is 15.2. The van der Waals surface area contributed by atoms with Crippen molar-refractivity contribution in [2.45, 2.75) is 86.2 Å². The number of hydrogen-bond donors (Lipinski definition) is 6. The molecule has 0 bridgehead atoms. The predicted octanol–water partition coefficient (Wildman–Crippen LogP) is 11.3. The molecule has 9 rings (SSSR count). The first-order chi connectivity index (χ1) is 46.1. The number of aromatic hydroxyl groups is 1. The summed E-state index contributed by atoms with van der Waals surface area (Å²) < 4.78 is 39.2. The van der Waals surface area contributed by atoms with Gasteiger partial charge in [-0.2, -0.15) is 0 Å². The lowest BCUT2D eigenvalue weighted by molar-refractivity contribution is -0.111. The lowest BCUT2D eigenvalue weighted by Crippen LogP contribution is -2.33. The molecule has 0 radical (unpaired) electrons. The standard InChI is InChI=1S/C28H34ClN3O5.C24H26ClN3O5.C19H20ClN3O3.ClH/c1-19(2)14-30-23-16-32(17-24(35-3)36-4)25(28(34)31-15-21-11-8-12-22(29)13-21)27(26(23)33)37-18-20-9-6-5-7-10-20;1-31-20(32-2)14-28-13-19(26)22(29)23(33-15-16-7-4-3-5-8-16)21(28)24(30)27-12-17-9-6-10-18(25)11-17;1-12(2)9-21-15-11-22-6-7-23(10-13-4-3-5-14(20)8-13)19(26)16(22)18(25)17(15)24;/h5-13,16,19,24,30H,14-15,17-18H2,1-4H3,(H,31,34);3-11,13,20H,12,14-15,26H2,1-2H3,(H,27,30);3-8,11-12,21,25H,9-10H2,1-2H3;1H. The average molecular weight is 1410 g/mol. The van der Waals surface area contributed by atoms with Gasteiger partial charge in [-0.05, 0) is 76.1 Å². The van der Waals surface area contributed by atoms with Gasteiger partial charge in [-0.15, -0.1) is 12.4 Å². The SMILES string of the molecule is CC(C)CNc1cn2ccn(Cc3cccc(Cl)c3)c(=O)c2c(O)c1=O.COC(Cn1cc(N)c(=O)c(OCc2ccccc2)c1C(=O)NCc1cccc(Cl)c1)OC.COC(Cn1cc(NCC(C)C)c(=O)c(OCc2ccccc2)c1C(=O)NCc1cccc(Cl)c1)OC.Cl. The number of anilines is 3. The molecular formula is C71H81Cl4N9O13. The van der Waals surface area contributed by atoms with Gasteiger partial charge in [0.1, 0.15) is 30.3 Å². The smallest absolute Gasteiger partial charge is 0.279 e. The third kappa shape index (κ3) is 22.2. The first kappa shape index (κ1) is 76.9. The largest absolute Gasteiger partial charge is 0.502 e. The number of aromatic nitrogens is 4. The molecule has 0 spiro atoms. The maximum atomic E-state index is 13.6. The summed E-state index contributed by atoms with van der Waals surface area (Å²) in [7, 11) is 5.98. The zero-order valence-corrected chi connectivity index (χ0v) is 58.1. The highest BCUT2D eigenvalue weighted by atomic mass is 35.5. The topological polar surface area (TPSA) is 271 Å². The van der Waals surface area contributed by atoms with Crippen LogP contribution >= 0.6 is 47.2 Å². The van der Waals surface area contributed by atoms with Crippen LogP contribution in [0.1, 0.15) is 76.5 Å². The van der Waals surface area contributed by atoms with Crippen molar-refractivity contribution in [3.63, 3.8) is 0 Å². The first-order valence-corrected chi connectivity index (χ1v) is 31.7. The van der Waals surface area contributed by atoms with E-state index < -0.39 is 52.0 Å². The van der Waals surface area contributed by atoms with Crippen molar-refractivity contribution < 1.29 is 43.1 Å². The van der Waals surface area contributed by atoms with Crippen LogP contribution in [0.3, 0.4) is 0 Å². The van der Waals surface area contributed by atoms with Gasteiger partial charge in [-0.3, -0.25) is 28.8 Å². The molecule has 0 saturated heterocycles. The van der Waals surface area contributed by atoms with E-state index in [1.165, 1.54) is 54.4 Å². The van der Waals surface area contributed by atoms with Crippen LogP contribution in [0.5, 0.6) is 17.2 Å². The maximum Gasteiger partial charge on any atom is 0.279 e. The van der Waals surface area contributed by atoms with Crippen molar-refractivity contribution in [3.05, 3.63) is 260 Å². The molecule has 4 aromatic heterocycles. The second-order valence-electron chi connectivity index (χ2n) is 22.8. The fraction of sp³-hybridized carbons (Fsp3) is 0.296. The molecule has 5 aromatic carbocycles. The average Bonchev–Trinajstić information content (AvgIpc) is 0.803. The molecule has 0 fully saturated rings. The summed E-state index contributed by atoms with van der Waals surface area (Å²) in [5.74, 6) is -1.09. The van der Waals surface area contributed by atoms with Gasteiger partial charge in [0, 0.05) is 101 Å². The summed E-state index contributed by atoms with van der Waals surface area (Å²) in [6, 6.07) is 40.3. The number of methoxy groups -OCH3 is 4. The van der Waals surface area contributed by atoms with E-state index in [-0.39, 0.29) is 98.1 Å². The zero-order valence-electron chi connectivity index (χ0n) is 55.0. The van der Waals surface area contributed by atoms with Crippen LogP contribution in [0.4, 0.5) is 17.1 Å². The van der Waals surface area contributed by atoms with Gasteiger partial charge in [-0.25, -0.2) is 0 Å². The van der Waals surface area contributed by atoms with Gasteiger partial charge >= 0.3 is 0 Å². The van der Waals surface area contributed by atoms with E-state index in [2.05, 4.69) is 21.3 Å². The Morgan fingerprint density at radius 2 is 0.928 bits per heavy atom. The number of nitrogens with zero attached hydrogens (tertiary/aromatic N) is 4. The van der Waals surface area contributed by atoms with E-state index in [1.807, 2.05) is 113 Å². The molecule has 0 saturated carbocycles. The molecule has 0 unspecified atom stereocenters. The summed E-state index contributed by atoms with van der Waals surface area (Å²) in [5, 5.41) is 23.9. The molecule has 2 amide bonds. The minimum Gasteiger partial charge on any atom is -0.502 e. The lowest BCUT2D eigenvalue weighted by Gasteiger charge is -2.22. The number of rotatable bonds is 28. The fourth-order valence-electron chi connectivity index (χ4n) is 9.56. The van der Waals surface area contributed by atoms with Crippen LogP contribution in [-0.2, 0) is 64.9 Å². The first-order valence-electron chi connectivity index (χ1n) is 30.6. The predicted molar refractivity (Wildman–Crippen MR) is 382 cm³/mol. The van der Waals surface area contributed by atoms with Gasteiger partial charge in [-0.1, -0.05) is 160 Å². The van der Waals surface area contributed by atoms with E-state index in [9.17, 15) is 33.9 Å². The summed E-state index contributed by atoms with van der Waals surface area (Å²) in [6.07, 6.45) is 6.46. The van der Waals surface area contributed by atoms with E-state index in [1.54, 1.807) is 71.7 Å². The van der Waals surface area contributed by atoms with Gasteiger partial charge in [0.05, 0.1) is 19.6 Å². The highest BCUT2D eigenvalue weighted by molar-refractivity contribution is 6.31. The van der Waals surface area contributed by atoms with Gasteiger partial charge in [0.15, 0.2) is 46.7 Å². The van der Waals surface area contributed by atoms with E-state index >= 15 is 0 Å². The molecular weight excluding hydrogens is 1330 g/mol. The molecule has 26 heteroatoms. The Kier molecular flexibility index (Phi) is 30.1. The molecule has 0 aliphatic heterocycles. The molecule has 97 heavy (non-hydrogen) atoms. The van der Waals surface area contributed by atoms with Crippen molar-refractivity contribution in [2.24, 2.45) is 11.8 Å². The van der Waals surface area contributed by atoms with Crippen LogP contribution in [0.2, 0.25) is 15.1 Å². The number of nitrogen functional groups attached to an aromatic ring is 1. The van der Waals surface area contributed by atoms with E-state index in [0.29, 0.717) is 45.7 Å². The molecule has 0 aliphatic carbocycles. The molecule has 22 nitrogen and oxygen atoms in total. The van der Waals surface area contributed by atoms with Crippen molar-refractivity contribution in [3.8, 4) is 17.2 Å². The van der Waals surface area contributed by atoms with Crippen LogP contribution < -0.4 is 58.3 Å². The summed E-state index contributed by atoms with van der Waals surface area (Å²) in [4.78, 5) is 78.4. The number of halogens is 4. The second kappa shape index (κ2) is 38.0. The molecule has 0 atom stereocenters. The number of amides is 2. The third-order valence-electron chi connectivity index (χ3n) is 14.5. The fourth-order valence-corrected chi connectivity index (χ4v) is 10.2. The number of carbonyl (C=O) groups excluding carboxylic acids is 2. The van der Waals surface area contributed by atoms with Crippen LogP contribution in [0.25, 0.3) is 5.52 Å². The van der Waals surface area contributed by atoms with Gasteiger partial charge in [0.25, 0.3) is 17.4 Å². The quantitative estimate of drug-likeness (QED) is 0.0249. The van der Waals surface area contributed by atoms with Crippen LogP contribution in [0, 0.1) is 11.8 Å². The maximum absolute atomic E-state index is 13.6. The highest BCUT2D eigenvalue weighted by Gasteiger charge is 2.27. The normalized spacial score (nSPS) is 11.0. The van der Waals surface area contributed by atoms with E-state index in [4.69, 9.17) is 69.0 Å². The highest BCUT2D eigenvalue weighted by Crippen LogP contribution is 2.24. The number of ether oxygens (including phenoxy) is 6. The molecule has 9 aromatic rings.